The molecule has 2 aromatic carbocycles. The number of nitrogens with one attached hydrogen (secondary N) is 1. The standard InChI is InChI=1S/C22H22N4OS/c1-15(2)16-9-11-17(12-10-16)22(20-8-5-13-28-20)23-21(27)14-26-19-7-4-3-6-18(19)24-25-26/h3-13,15,22H,14H2,1-2H3,(H,23,27). The second kappa shape index (κ2) is 7.94. The van der Waals surface area contributed by atoms with Gasteiger partial charge < -0.3 is 5.32 Å². The number of para-hydroxylation sites is 1. The fraction of sp³-hybridized carbons (Fsp3) is 0.227. The van der Waals surface area contributed by atoms with Gasteiger partial charge in [0.25, 0.3) is 0 Å². The summed E-state index contributed by atoms with van der Waals surface area (Å²) < 4.78 is 1.64. The summed E-state index contributed by atoms with van der Waals surface area (Å²) in [5, 5.41) is 13.4. The molecule has 2 aromatic heterocycles. The number of amides is 1. The third-order valence-corrected chi connectivity index (χ3v) is 5.72. The van der Waals surface area contributed by atoms with Gasteiger partial charge in [0.15, 0.2) is 0 Å². The Bertz CT molecular complexity index is 1070. The van der Waals surface area contributed by atoms with E-state index in [2.05, 4.69) is 59.8 Å². The van der Waals surface area contributed by atoms with Crippen LogP contribution < -0.4 is 5.32 Å². The van der Waals surface area contributed by atoms with Crippen molar-refractivity contribution in [3.8, 4) is 0 Å². The molecule has 4 rings (SSSR count). The molecular weight excluding hydrogens is 368 g/mol. The van der Waals surface area contributed by atoms with Crippen LogP contribution in [0.2, 0.25) is 0 Å². The highest BCUT2D eigenvalue weighted by atomic mass is 32.1. The van der Waals surface area contributed by atoms with Crippen LogP contribution in [-0.2, 0) is 11.3 Å². The SMILES string of the molecule is CC(C)c1ccc(C(NC(=O)Cn2nnc3ccccc32)c2cccs2)cc1. The Labute approximate surface area is 168 Å². The lowest BCUT2D eigenvalue weighted by Gasteiger charge is -2.19. The molecule has 28 heavy (non-hydrogen) atoms. The number of fused-ring (bicyclic) bond motifs is 1. The van der Waals surface area contributed by atoms with Crippen LogP contribution in [0.3, 0.4) is 0 Å². The Morgan fingerprint density at radius 2 is 1.79 bits per heavy atom. The number of benzene rings is 2. The molecule has 0 bridgehead atoms. The van der Waals surface area contributed by atoms with E-state index in [-0.39, 0.29) is 18.5 Å². The van der Waals surface area contributed by atoms with Crippen LogP contribution in [0.4, 0.5) is 0 Å². The number of thiophene rings is 1. The van der Waals surface area contributed by atoms with Gasteiger partial charge in [-0.2, -0.15) is 0 Å². The summed E-state index contributed by atoms with van der Waals surface area (Å²) in [6.45, 7) is 4.48. The number of hydrogen-bond acceptors (Lipinski definition) is 4. The molecule has 1 atom stereocenters. The van der Waals surface area contributed by atoms with E-state index in [0.717, 1.165) is 21.5 Å². The Morgan fingerprint density at radius 1 is 1.04 bits per heavy atom. The molecule has 1 amide bonds. The van der Waals surface area contributed by atoms with Crippen LogP contribution in [0.1, 0.15) is 41.8 Å². The van der Waals surface area contributed by atoms with Crippen molar-refractivity contribution in [1.29, 1.82) is 0 Å². The number of carbonyl (C=O) groups is 1. The molecule has 4 aromatic rings. The highest BCUT2D eigenvalue weighted by Gasteiger charge is 2.19. The predicted octanol–water partition coefficient (Wildman–Crippen LogP) is 4.52. The molecule has 0 aliphatic rings. The minimum absolute atomic E-state index is 0.0954. The number of rotatable bonds is 6. The average molecular weight is 391 g/mol. The van der Waals surface area contributed by atoms with Gasteiger partial charge in [-0.15, -0.1) is 16.4 Å². The first-order valence-electron chi connectivity index (χ1n) is 9.32. The van der Waals surface area contributed by atoms with Crippen LogP contribution in [0.25, 0.3) is 11.0 Å². The maximum atomic E-state index is 12.8. The van der Waals surface area contributed by atoms with E-state index in [0.29, 0.717) is 5.92 Å². The highest BCUT2D eigenvalue weighted by Crippen LogP contribution is 2.27. The van der Waals surface area contributed by atoms with E-state index in [4.69, 9.17) is 0 Å². The lowest BCUT2D eigenvalue weighted by atomic mass is 9.98. The third kappa shape index (κ3) is 3.82. The van der Waals surface area contributed by atoms with E-state index in [9.17, 15) is 4.79 Å². The monoisotopic (exact) mass is 390 g/mol. The molecular formula is C22H22N4OS. The van der Waals surface area contributed by atoms with E-state index < -0.39 is 0 Å². The summed E-state index contributed by atoms with van der Waals surface area (Å²) in [5.41, 5.74) is 4.00. The molecule has 0 fully saturated rings. The van der Waals surface area contributed by atoms with Crippen LogP contribution in [0, 0.1) is 0 Å². The number of hydrogen-bond donors (Lipinski definition) is 1. The Morgan fingerprint density at radius 3 is 2.50 bits per heavy atom. The number of aromatic nitrogens is 3. The maximum Gasteiger partial charge on any atom is 0.242 e. The van der Waals surface area contributed by atoms with Crippen molar-refractivity contribution < 1.29 is 4.79 Å². The van der Waals surface area contributed by atoms with Crippen molar-refractivity contribution in [2.75, 3.05) is 0 Å². The van der Waals surface area contributed by atoms with Gasteiger partial charge in [0.1, 0.15) is 12.1 Å². The second-order valence-corrected chi connectivity index (χ2v) is 8.05. The lowest BCUT2D eigenvalue weighted by Crippen LogP contribution is -2.32. The Hall–Kier alpha value is -2.99. The van der Waals surface area contributed by atoms with Crippen LogP contribution in [0.5, 0.6) is 0 Å². The van der Waals surface area contributed by atoms with Crippen molar-refractivity contribution >= 4 is 28.3 Å². The Kier molecular flexibility index (Phi) is 5.21. The van der Waals surface area contributed by atoms with Crippen molar-refractivity contribution in [2.24, 2.45) is 0 Å². The Balaban J connectivity index is 1.56. The topological polar surface area (TPSA) is 59.8 Å². The number of carbonyl (C=O) groups excluding carboxylic acids is 1. The zero-order chi connectivity index (χ0) is 19.5. The van der Waals surface area contributed by atoms with E-state index >= 15 is 0 Å². The molecule has 0 aliphatic carbocycles. The van der Waals surface area contributed by atoms with E-state index in [1.807, 2.05) is 35.7 Å². The summed E-state index contributed by atoms with van der Waals surface area (Å²) in [6.07, 6.45) is 0. The van der Waals surface area contributed by atoms with Gasteiger partial charge in [-0.3, -0.25) is 4.79 Å². The second-order valence-electron chi connectivity index (χ2n) is 7.07. The maximum absolute atomic E-state index is 12.8. The van der Waals surface area contributed by atoms with Crippen LogP contribution in [-0.4, -0.2) is 20.9 Å². The van der Waals surface area contributed by atoms with E-state index in [1.165, 1.54) is 5.56 Å². The van der Waals surface area contributed by atoms with Crippen molar-refractivity contribution in [1.82, 2.24) is 20.3 Å². The van der Waals surface area contributed by atoms with Crippen LogP contribution >= 0.6 is 11.3 Å². The first kappa shape index (κ1) is 18.4. The van der Waals surface area contributed by atoms with E-state index in [1.54, 1.807) is 16.0 Å². The fourth-order valence-corrected chi connectivity index (χ4v) is 4.03. The highest BCUT2D eigenvalue weighted by molar-refractivity contribution is 7.10. The van der Waals surface area contributed by atoms with Crippen molar-refractivity contribution in [3.05, 3.63) is 82.0 Å². The van der Waals surface area contributed by atoms with Gasteiger partial charge in [0.05, 0.1) is 11.6 Å². The molecule has 0 spiro atoms. The smallest absolute Gasteiger partial charge is 0.242 e. The first-order chi connectivity index (χ1) is 13.6. The molecule has 0 saturated heterocycles. The first-order valence-corrected chi connectivity index (χ1v) is 10.2. The van der Waals surface area contributed by atoms with Gasteiger partial charge >= 0.3 is 0 Å². The molecule has 142 valence electrons. The normalized spacial score (nSPS) is 12.4. The van der Waals surface area contributed by atoms with Crippen molar-refractivity contribution in [2.45, 2.75) is 32.4 Å². The van der Waals surface area contributed by atoms with Gasteiger partial charge in [-0.05, 0) is 40.6 Å². The van der Waals surface area contributed by atoms with Crippen molar-refractivity contribution in [3.63, 3.8) is 0 Å². The average Bonchev–Trinajstić information content (AvgIpc) is 3.37. The van der Waals surface area contributed by atoms with Crippen LogP contribution in [0.15, 0.2) is 66.0 Å². The summed E-state index contributed by atoms with van der Waals surface area (Å²) in [7, 11) is 0. The largest absolute Gasteiger partial charge is 0.343 e. The zero-order valence-electron chi connectivity index (χ0n) is 15.9. The molecule has 0 aliphatic heterocycles. The van der Waals surface area contributed by atoms with Gasteiger partial charge in [0, 0.05) is 4.88 Å². The van der Waals surface area contributed by atoms with Gasteiger partial charge in [0.2, 0.25) is 5.91 Å². The molecule has 2 heterocycles. The summed E-state index contributed by atoms with van der Waals surface area (Å²) >= 11 is 1.64. The lowest BCUT2D eigenvalue weighted by molar-refractivity contribution is -0.122. The molecule has 1 N–H and O–H groups in total. The minimum atomic E-state index is -0.177. The fourth-order valence-electron chi connectivity index (χ4n) is 3.22. The van der Waals surface area contributed by atoms with Gasteiger partial charge in [-0.25, -0.2) is 4.68 Å². The summed E-state index contributed by atoms with van der Waals surface area (Å²) in [6, 6.07) is 20.0. The minimum Gasteiger partial charge on any atom is -0.343 e. The molecule has 5 nitrogen and oxygen atoms in total. The summed E-state index contributed by atoms with van der Waals surface area (Å²) in [5.74, 6) is 0.381. The third-order valence-electron chi connectivity index (χ3n) is 4.78. The summed E-state index contributed by atoms with van der Waals surface area (Å²) in [4.78, 5) is 13.9. The zero-order valence-corrected chi connectivity index (χ0v) is 16.7. The molecule has 0 radical (unpaired) electrons. The van der Waals surface area contributed by atoms with Gasteiger partial charge in [-0.1, -0.05) is 61.5 Å². The number of nitrogens with zero attached hydrogens (tertiary/aromatic N) is 3. The predicted molar refractivity (Wildman–Crippen MR) is 112 cm³/mol. The molecule has 0 saturated carbocycles. The molecule has 6 heteroatoms. The quantitative estimate of drug-likeness (QED) is 0.526. The molecule has 1 unspecified atom stereocenters.